The van der Waals surface area contributed by atoms with Crippen LogP contribution in [-0.2, 0) is 4.79 Å². The van der Waals surface area contributed by atoms with Gasteiger partial charge >= 0.3 is 6.03 Å². The maximum absolute atomic E-state index is 12.5. The van der Waals surface area contributed by atoms with Gasteiger partial charge in [0.15, 0.2) is 0 Å². The van der Waals surface area contributed by atoms with E-state index in [-0.39, 0.29) is 24.5 Å². The predicted octanol–water partition coefficient (Wildman–Crippen LogP) is 1.55. The lowest BCUT2D eigenvalue weighted by atomic mass is 9.98. The Morgan fingerprint density at radius 3 is 2.50 bits per heavy atom. The smallest absolute Gasteiger partial charge is 0.323 e. The summed E-state index contributed by atoms with van der Waals surface area (Å²) in [6, 6.07) is 8.89. The highest BCUT2D eigenvalue weighted by Gasteiger charge is 2.52. The van der Waals surface area contributed by atoms with E-state index in [0.29, 0.717) is 0 Å². The molecule has 0 bridgehead atoms. The molecule has 1 saturated carbocycles. The van der Waals surface area contributed by atoms with Crippen LogP contribution in [0.3, 0.4) is 0 Å². The quantitative estimate of drug-likeness (QED) is 0.820. The number of carbonyl (C=O) groups is 2. The average Bonchev–Trinajstić information content (AvgIpc) is 3.01. The minimum absolute atomic E-state index is 0.105. The maximum atomic E-state index is 12.5. The first kappa shape index (κ1) is 13.1. The van der Waals surface area contributed by atoms with Crippen molar-refractivity contribution in [3.63, 3.8) is 0 Å². The van der Waals surface area contributed by atoms with E-state index in [2.05, 4.69) is 5.32 Å². The fourth-order valence-corrected chi connectivity index (χ4v) is 3.16. The molecule has 1 saturated heterocycles. The van der Waals surface area contributed by atoms with Crippen LogP contribution in [0.25, 0.3) is 0 Å². The van der Waals surface area contributed by atoms with E-state index >= 15 is 0 Å². The first-order valence-electron chi connectivity index (χ1n) is 7.07. The summed E-state index contributed by atoms with van der Waals surface area (Å²) in [6.07, 6.45) is 3.47. The van der Waals surface area contributed by atoms with Gasteiger partial charge in [0, 0.05) is 12.6 Å². The van der Waals surface area contributed by atoms with Crippen LogP contribution < -0.4 is 11.1 Å². The molecule has 0 aromatic heterocycles. The maximum Gasteiger partial charge on any atom is 0.325 e. The van der Waals surface area contributed by atoms with Gasteiger partial charge in [0.25, 0.3) is 5.91 Å². The molecule has 5 heteroatoms. The summed E-state index contributed by atoms with van der Waals surface area (Å²) in [7, 11) is 0. The van der Waals surface area contributed by atoms with Crippen molar-refractivity contribution < 1.29 is 9.59 Å². The zero-order chi connectivity index (χ0) is 14.2. The summed E-state index contributed by atoms with van der Waals surface area (Å²) in [5.41, 5.74) is 6.40. The Hall–Kier alpha value is -1.88. The molecule has 1 aliphatic carbocycles. The minimum atomic E-state index is -0.645. The monoisotopic (exact) mass is 273 g/mol. The van der Waals surface area contributed by atoms with Gasteiger partial charge < -0.3 is 11.1 Å². The Bertz CT molecular complexity index is 523. The van der Waals surface area contributed by atoms with Gasteiger partial charge in [-0.1, -0.05) is 43.2 Å². The zero-order valence-corrected chi connectivity index (χ0v) is 11.3. The zero-order valence-electron chi connectivity index (χ0n) is 11.3. The molecule has 1 unspecified atom stereocenters. The van der Waals surface area contributed by atoms with Gasteiger partial charge in [-0.15, -0.1) is 0 Å². The van der Waals surface area contributed by atoms with Crippen molar-refractivity contribution in [1.82, 2.24) is 10.2 Å². The van der Waals surface area contributed by atoms with Crippen LogP contribution in [0.5, 0.6) is 0 Å². The second-order valence-electron chi connectivity index (χ2n) is 5.65. The lowest BCUT2D eigenvalue weighted by molar-refractivity contribution is -0.131. The lowest BCUT2D eigenvalue weighted by Crippen LogP contribution is -2.44. The molecule has 1 heterocycles. The number of hydrogen-bond donors (Lipinski definition) is 2. The summed E-state index contributed by atoms with van der Waals surface area (Å²) in [4.78, 5) is 25.8. The summed E-state index contributed by atoms with van der Waals surface area (Å²) < 4.78 is 0. The van der Waals surface area contributed by atoms with Gasteiger partial charge in [0.05, 0.1) is 0 Å². The summed E-state index contributed by atoms with van der Waals surface area (Å²) in [5.74, 6) is -0.105. The van der Waals surface area contributed by atoms with Gasteiger partial charge in [-0.05, 0) is 18.4 Å². The molecule has 1 aromatic rings. The number of rotatable bonds is 3. The van der Waals surface area contributed by atoms with Crippen LogP contribution in [-0.4, -0.2) is 28.9 Å². The fourth-order valence-electron chi connectivity index (χ4n) is 3.16. The van der Waals surface area contributed by atoms with Crippen LogP contribution >= 0.6 is 0 Å². The minimum Gasteiger partial charge on any atom is -0.323 e. The lowest BCUT2D eigenvalue weighted by Gasteiger charge is -2.22. The van der Waals surface area contributed by atoms with Gasteiger partial charge in [0.1, 0.15) is 5.54 Å². The summed E-state index contributed by atoms with van der Waals surface area (Å²) in [6.45, 7) is 0.233. The number of hydrogen-bond acceptors (Lipinski definition) is 3. The van der Waals surface area contributed by atoms with E-state index in [4.69, 9.17) is 5.73 Å². The first-order chi connectivity index (χ1) is 9.62. The topological polar surface area (TPSA) is 75.4 Å². The highest BCUT2D eigenvalue weighted by Crippen LogP contribution is 2.35. The van der Waals surface area contributed by atoms with Gasteiger partial charge in [-0.2, -0.15) is 0 Å². The van der Waals surface area contributed by atoms with Gasteiger partial charge in [-0.3, -0.25) is 9.69 Å². The molecular weight excluding hydrogens is 254 g/mol. The third kappa shape index (κ3) is 2.08. The average molecular weight is 273 g/mol. The molecule has 1 aromatic carbocycles. The van der Waals surface area contributed by atoms with Crippen LogP contribution in [0.4, 0.5) is 4.79 Å². The Morgan fingerprint density at radius 1 is 1.20 bits per heavy atom. The summed E-state index contributed by atoms with van der Waals surface area (Å²) >= 11 is 0. The standard InChI is InChI=1S/C15H19N3O2/c16-12(11-6-2-1-3-7-11)10-18-13(19)15(17-14(18)20)8-4-5-9-15/h1-3,6-7,12H,4-5,8-10,16H2,(H,17,20). The van der Waals surface area contributed by atoms with Crippen molar-refractivity contribution in [1.29, 1.82) is 0 Å². The number of imide groups is 1. The third-order valence-corrected chi connectivity index (χ3v) is 4.31. The van der Waals surface area contributed by atoms with Crippen molar-refractivity contribution in [3.05, 3.63) is 35.9 Å². The molecule has 106 valence electrons. The molecule has 1 spiro atoms. The fraction of sp³-hybridized carbons (Fsp3) is 0.467. The Morgan fingerprint density at radius 2 is 1.85 bits per heavy atom. The molecule has 2 fully saturated rings. The number of nitrogens with two attached hydrogens (primary N) is 1. The van der Waals surface area contributed by atoms with Crippen LogP contribution in [0, 0.1) is 0 Å². The highest BCUT2D eigenvalue weighted by atomic mass is 16.2. The van der Waals surface area contributed by atoms with Crippen molar-refractivity contribution in [2.45, 2.75) is 37.3 Å². The molecule has 3 rings (SSSR count). The van der Waals surface area contributed by atoms with Crippen LogP contribution in [0.2, 0.25) is 0 Å². The summed E-state index contributed by atoms with van der Waals surface area (Å²) in [5, 5.41) is 2.87. The number of benzene rings is 1. The largest absolute Gasteiger partial charge is 0.325 e. The Labute approximate surface area is 118 Å². The van der Waals surface area contributed by atoms with E-state index in [1.807, 2.05) is 30.3 Å². The molecule has 1 aliphatic heterocycles. The molecule has 0 radical (unpaired) electrons. The molecule has 5 nitrogen and oxygen atoms in total. The molecular formula is C15H19N3O2. The van der Waals surface area contributed by atoms with Gasteiger partial charge in [-0.25, -0.2) is 4.79 Å². The van der Waals surface area contributed by atoms with Crippen LogP contribution in [0.1, 0.15) is 37.3 Å². The SMILES string of the molecule is NC(CN1C(=O)NC2(CCCC2)C1=O)c1ccccc1. The number of nitrogens with one attached hydrogen (secondary N) is 1. The third-order valence-electron chi connectivity index (χ3n) is 4.31. The van der Waals surface area contributed by atoms with Crippen molar-refractivity contribution >= 4 is 11.9 Å². The van der Waals surface area contributed by atoms with Crippen molar-refractivity contribution in [2.75, 3.05) is 6.54 Å². The molecule has 3 amide bonds. The van der Waals surface area contributed by atoms with E-state index in [1.54, 1.807) is 0 Å². The van der Waals surface area contributed by atoms with Crippen molar-refractivity contribution in [3.8, 4) is 0 Å². The second kappa shape index (κ2) is 4.90. The van der Waals surface area contributed by atoms with Gasteiger partial charge in [0.2, 0.25) is 0 Å². The van der Waals surface area contributed by atoms with E-state index in [9.17, 15) is 9.59 Å². The number of carbonyl (C=O) groups excluding carboxylic acids is 2. The molecule has 3 N–H and O–H groups in total. The number of urea groups is 1. The molecule has 2 aliphatic rings. The Kier molecular flexibility index (Phi) is 3.22. The van der Waals surface area contributed by atoms with Crippen LogP contribution in [0.15, 0.2) is 30.3 Å². The number of amides is 3. The van der Waals surface area contributed by atoms with E-state index < -0.39 is 5.54 Å². The normalized spacial score (nSPS) is 22.4. The van der Waals surface area contributed by atoms with E-state index in [0.717, 1.165) is 31.2 Å². The Balaban J connectivity index is 1.74. The highest BCUT2D eigenvalue weighted by molar-refractivity contribution is 6.07. The van der Waals surface area contributed by atoms with E-state index in [1.165, 1.54) is 4.90 Å². The predicted molar refractivity (Wildman–Crippen MR) is 74.8 cm³/mol. The molecule has 20 heavy (non-hydrogen) atoms. The number of nitrogens with zero attached hydrogens (tertiary/aromatic N) is 1. The first-order valence-corrected chi connectivity index (χ1v) is 7.07. The van der Waals surface area contributed by atoms with Crippen molar-refractivity contribution in [2.24, 2.45) is 5.73 Å². The second-order valence-corrected chi connectivity index (χ2v) is 5.65. The molecule has 1 atom stereocenters.